The fourth-order valence-electron chi connectivity index (χ4n) is 7.30. The Hall–Kier alpha value is -6.32. The van der Waals surface area contributed by atoms with Crippen LogP contribution in [0.15, 0.2) is 173 Å². The summed E-state index contributed by atoms with van der Waals surface area (Å²) in [5.41, 5.74) is 8.85. The van der Waals surface area contributed by atoms with Crippen LogP contribution in [0.25, 0.3) is 76.5 Å². The Morgan fingerprint density at radius 2 is 1.00 bits per heavy atom. The average molecular weight is 602 g/mol. The van der Waals surface area contributed by atoms with Gasteiger partial charge in [0.15, 0.2) is 0 Å². The molecule has 0 radical (unpaired) electrons. The van der Waals surface area contributed by atoms with Crippen LogP contribution in [0.4, 0.5) is 17.1 Å². The third-order valence-corrected chi connectivity index (χ3v) is 9.44. The highest BCUT2D eigenvalue weighted by atomic mass is 16.3. The average Bonchev–Trinajstić information content (AvgIpc) is 3.71. The van der Waals surface area contributed by atoms with Crippen molar-refractivity contribution in [3.8, 4) is 11.1 Å². The van der Waals surface area contributed by atoms with E-state index in [1.165, 1.54) is 10.8 Å². The minimum atomic E-state index is 0.858. The minimum absolute atomic E-state index is 0.858. The van der Waals surface area contributed by atoms with Crippen molar-refractivity contribution in [1.82, 2.24) is 0 Å². The Labute approximate surface area is 270 Å². The van der Waals surface area contributed by atoms with Crippen molar-refractivity contribution < 1.29 is 8.83 Å². The first-order valence-electron chi connectivity index (χ1n) is 15.9. The SMILES string of the molecule is c1ccc(N(c2ccc3ccccc3c2)c2cccc3oc4c5ccccc5ccc4c23)c(-c2cccc3c2oc2ccccc23)c1. The van der Waals surface area contributed by atoms with Gasteiger partial charge in [-0.15, -0.1) is 0 Å². The molecular formula is C44H27NO2. The highest BCUT2D eigenvalue weighted by molar-refractivity contribution is 6.20. The predicted octanol–water partition coefficient (Wildman–Crippen LogP) is 12.9. The van der Waals surface area contributed by atoms with E-state index in [1.807, 2.05) is 12.1 Å². The van der Waals surface area contributed by atoms with E-state index < -0.39 is 0 Å². The molecule has 0 saturated heterocycles. The summed E-state index contributed by atoms with van der Waals surface area (Å²) in [6.45, 7) is 0. The van der Waals surface area contributed by atoms with Gasteiger partial charge in [0.1, 0.15) is 22.3 Å². The van der Waals surface area contributed by atoms with Crippen LogP contribution in [0.3, 0.4) is 0 Å². The van der Waals surface area contributed by atoms with Crippen LogP contribution in [0.1, 0.15) is 0 Å². The first-order chi connectivity index (χ1) is 23.3. The van der Waals surface area contributed by atoms with Crippen LogP contribution in [0, 0.1) is 0 Å². The van der Waals surface area contributed by atoms with E-state index in [1.54, 1.807) is 0 Å². The van der Waals surface area contributed by atoms with Gasteiger partial charge in [0.2, 0.25) is 0 Å². The summed E-state index contributed by atoms with van der Waals surface area (Å²) >= 11 is 0. The summed E-state index contributed by atoms with van der Waals surface area (Å²) in [6, 6.07) is 57.8. The second kappa shape index (κ2) is 10.1. The molecule has 2 aromatic heterocycles. The molecule has 47 heavy (non-hydrogen) atoms. The molecular weight excluding hydrogens is 574 g/mol. The molecule has 220 valence electrons. The van der Waals surface area contributed by atoms with Crippen molar-refractivity contribution in [2.75, 3.05) is 4.90 Å². The number of fused-ring (bicyclic) bond motifs is 9. The maximum atomic E-state index is 6.66. The van der Waals surface area contributed by atoms with E-state index in [9.17, 15) is 0 Å². The van der Waals surface area contributed by atoms with Crippen molar-refractivity contribution in [3.63, 3.8) is 0 Å². The zero-order valence-corrected chi connectivity index (χ0v) is 25.4. The van der Waals surface area contributed by atoms with Crippen molar-refractivity contribution in [2.45, 2.75) is 0 Å². The summed E-state index contributed by atoms with van der Waals surface area (Å²) in [4.78, 5) is 2.38. The van der Waals surface area contributed by atoms with Gasteiger partial charge in [0, 0.05) is 38.4 Å². The Bertz CT molecular complexity index is 2820. The standard InChI is InChI=1S/C44H27NO2/c1-2-13-30-27-31(25-23-28(30)11-1)45(39-20-10-22-41-42(39)37-26-24-29-12-3-4-14-32(29)43(37)47-41)38-19-7-5-15-33(38)35-17-9-18-36-34-16-6-8-21-40(34)46-44(35)36/h1-27H. The molecule has 0 saturated carbocycles. The van der Waals surface area contributed by atoms with E-state index in [2.05, 4.69) is 157 Å². The molecule has 0 unspecified atom stereocenters. The van der Waals surface area contributed by atoms with E-state index >= 15 is 0 Å². The highest BCUT2D eigenvalue weighted by Crippen LogP contribution is 2.48. The molecule has 0 amide bonds. The fraction of sp³-hybridized carbons (Fsp3) is 0. The second-order valence-electron chi connectivity index (χ2n) is 12.1. The van der Waals surface area contributed by atoms with Gasteiger partial charge in [-0.3, -0.25) is 0 Å². The molecule has 0 spiro atoms. The van der Waals surface area contributed by atoms with Gasteiger partial charge < -0.3 is 13.7 Å². The fourth-order valence-corrected chi connectivity index (χ4v) is 7.30. The number of nitrogens with zero attached hydrogens (tertiary/aromatic N) is 1. The quantitative estimate of drug-likeness (QED) is 0.201. The van der Waals surface area contributed by atoms with Gasteiger partial charge in [-0.25, -0.2) is 0 Å². The van der Waals surface area contributed by atoms with E-state index in [4.69, 9.17) is 8.83 Å². The van der Waals surface area contributed by atoms with Gasteiger partial charge in [0.25, 0.3) is 0 Å². The molecule has 0 N–H and O–H groups in total. The molecule has 3 nitrogen and oxygen atoms in total. The lowest BCUT2D eigenvalue weighted by Crippen LogP contribution is -2.11. The second-order valence-corrected chi connectivity index (χ2v) is 12.1. The molecule has 0 aliphatic heterocycles. The maximum absolute atomic E-state index is 6.66. The normalized spacial score (nSPS) is 11.8. The van der Waals surface area contributed by atoms with Crippen LogP contribution in [0.2, 0.25) is 0 Å². The van der Waals surface area contributed by atoms with Gasteiger partial charge in [-0.2, -0.15) is 0 Å². The van der Waals surface area contributed by atoms with Crippen molar-refractivity contribution >= 4 is 82.5 Å². The van der Waals surface area contributed by atoms with Crippen LogP contribution >= 0.6 is 0 Å². The molecule has 0 fully saturated rings. The largest absolute Gasteiger partial charge is 0.455 e. The van der Waals surface area contributed by atoms with Gasteiger partial charge in [-0.1, -0.05) is 121 Å². The number of rotatable bonds is 4. The van der Waals surface area contributed by atoms with Crippen molar-refractivity contribution in [1.29, 1.82) is 0 Å². The predicted molar refractivity (Wildman–Crippen MR) is 196 cm³/mol. The number of hydrogen-bond donors (Lipinski definition) is 0. The number of hydrogen-bond acceptors (Lipinski definition) is 3. The monoisotopic (exact) mass is 601 g/mol. The zero-order valence-electron chi connectivity index (χ0n) is 25.4. The smallest absolute Gasteiger partial charge is 0.143 e. The Morgan fingerprint density at radius 3 is 1.94 bits per heavy atom. The summed E-state index contributed by atoms with van der Waals surface area (Å²) in [7, 11) is 0. The maximum Gasteiger partial charge on any atom is 0.143 e. The minimum Gasteiger partial charge on any atom is -0.455 e. The Morgan fingerprint density at radius 1 is 0.362 bits per heavy atom. The van der Waals surface area contributed by atoms with E-state index in [-0.39, 0.29) is 0 Å². The molecule has 3 heteroatoms. The molecule has 8 aromatic carbocycles. The van der Waals surface area contributed by atoms with E-state index in [0.717, 1.165) is 82.8 Å². The molecule has 0 aliphatic carbocycles. The third kappa shape index (κ3) is 3.93. The zero-order chi connectivity index (χ0) is 30.9. The summed E-state index contributed by atoms with van der Waals surface area (Å²) in [5.74, 6) is 0. The number of anilines is 3. The number of para-hydroxylation sites is 3. The topological polar surface area (TPSA) is 29.5 Å². The first kappa shape index (κ1) is 26.0. The highest BCUT2D eigenvalue weighted by Gasteiger charge is 2.24. The van der Waals surface area contributed by atoms with Crippen molar-refractivity contribution in [3.05, 3.63) is 164 Å². The van der Waals surface area contributed by atoms with Crippen LogP contribution in [-0.2, 0) is 0 Å². The Kier molecular flexibility index (Phi) is 5.57. The Balaban J connectivity index is 1.30. The number of benzene rings is 8. The molecule has 2 heterocycles. The lowest BCUT2D eigenvalue weighted by Gasteiger charge is -2.28. The molecule has 0 bridgehead atoms. The van der Waals surface area contributed by atoms with E-state index in [0.29, 0.717) is 0 Å². The summed E-state index contributed by atoms with van der Waals surface area (Å²) in [6.07, 6.45) is 0. The van der Waals surface area contributed by atoms with Crippen molar-refractivity contribution in [2.24, 2.45) is 0 Å². The van der Waals surface area contributed by atoms with Crippen LogP contribution in [-0.4, -0.2) is 0 Å². The lowest BCUT2D eigenvalue weighted by atomic mass is 9.98. The molecule has 10 aromatic rings. The lowest BCUT2D eigenvalue weighted by molar-refractivity contribution is 0.670. The van der Waals surface area contributed by atoms with Gasteiger partial charge in [0.05, 0.1) is 16.8 Å². The van der Waals surface area contributed by atoms with Crippen LogP contribution < -0.4 is 4.90 Å². The summed E-state index contributed by atoms with van der Waals surface area (Å²) in [5, 5.41) is 9.07. The van der Waals surface area contributed by atoms with Gasteiger partial charge >= 0.3 is 0 Å². The molecule has 0 aliphatic rings. The third-order valence-electron chi connectivity index (χ3n) is 9.44. The summed E-state index contributed by atoms with van der Waals surface area (Å²) < 4.78 is 13.2. The van der Waals surface area contributed by atoms with Gasteiger partial charge in [-0.05, 0) is 58.6 Å². The molecule has 0 atom stereocenters. The first-order valence-corrected chi connectivity index (χ1v) is 15.9. The molecule has 10 rings (SSSR count). The van der Waals surface area contributed by atoms with Crippen LogP contribution in [0.5, 0.6) is 0 Å². The number of furan rings is 2.